The van der Waals surface area contributed by atoms with Crippen molar-refractivity contribution in [2.45, 2.75) is 32.3 Å². The molecule has 0 saturated carbocycles. The molecule has 1 aliphatic rings. The van der Waals surface area contributed by atoms with Crippen LogP contribution in [-0.2, 0) is 5.60 Å². The van der Waals surface area contributed by atoms with Gasteiger partial charge in [-0.15, -0.1) is 0 Å². The van der Waals surface area contributed by atoms with Gasteiger partial charge in [-0.25, -0.2) is 0 Å². The highest BCUT2D eigenvalue weighted by Crippen LogP contribution is 2.34. The molecule has 2 heteroatoms. The predicted octanol–water partition coefficient (Wildman–Crippen LogP) is 2.20. The van der Waals surface area contributed by atoms with Crippen molar-refractivity contribution in [2.24, 2.45) is 5.92 Å². The Morgan fingerprint density at radius 3 is 2.75 bits per heavy atom. The van der Waals surface area contributed by atoms with E-state index in [2.05, 4.69) is 18.3 Å². The van der Waals surface area contributed by atoms with Crippen LogP contribution >= 0.6 is 0 Å². The molecule has 1 aromatic rings. The van der Waals surface area contributed by atoms with Crippen molar-refractivity contribution in [3.8, 4) is 0 Å². The summed E-state index contributed by atoms with van der Waals surface area (Å²) in [7, 11) is 0. The van der Waals surface area contributed by atoms with E-state index >= 15 is 0 Å². The average Bonchev–Trinajstić information content (AvgIpc) is 2.30. The quantitative estimate of drug-likeness (QED) is 0.799. The van der Waals surface area contributed by atoms with Gasteiger partial charge in [0.05, 0.1) is 5.60 Å². The summed E-state index contributed by atoms with van der Waals surface area (Å²) in [6.45, 7) is 6.02. The summed E-state index contributed by atoms with van der Waals surface area (Å²) in [5.74, 6) is 0.322. The maximum Gasteiger partial charge on any atom is 0.0911 e. The van der Waals surface area contributed by atoms with Crippen molar-refractivity contribution in [3.05, 3.63) is 35.4 Å². The molecule has 1 aliphatic heterocycles. The van der Waals surface area contributed by atoms with Crippen LogP contribution in [0.3, 0.4) is 0 Å². The number of nitrogens with one attached hydrogen (secondary N) is 1. The van der Waals surface area contributed by atoms with Gasteiger partial charge in [-0.3, -0.25) is 0 Å². The van der Waals surface area contributed by atoms with Crippen molar-refractivity contribution in [3.63, 3.8) is 0 Å². The Hall–Kier alpha value is -0.860. The summed E-state index contributed by atoms with van der Waals surface area (Å²) in [5, 5.41) is 14.1. The van der Waals surface area contributed by atoms with Crippen LogP contribution < -0.4 is 5.32 Å². The number of benzene rings is 1. The Morgan fingerprint density at radius 2 is 2.12 bits per heavy atom. The second-order valence-electron chi connectivity index (χ2n) is 5.01. The summed E-state index contributed by atoms with van der Waals surface area (Å²) in [6, 6.07) is 8.14. The highest BCUT2D eigenvalue weighted by atomic mass is 16.3. The smallest absolute Gasteiger partial charge is 0.0911 e. The predicted molar refractivity (Wildman–Crippen MR) is 66.3 cm³/mol. The third-order valence-corrected chi connectivity index (χ3v) is 3.78. The maximum atomic E-state index is 10.8. The summed E-state index contributed by atoms with van der Waals surface area (Å²) < 4.78 is 0. The zero-order chi connectivity index (χ0) is 11.6. The third kappa shape index (κ3) is 2.13. The van der Waals surface area contributed by atoms with Crippen LogP contribution in [0.25, 0.3) is 0 Å². The van der Waals surface area contributed by atoms with Gasteiger partial charge in [-0.05, 0) is 44.4 Å². The average molecular weight is 219 g/mol. The molecule has 0 spiro atoms. The Balaban J connectivity index is 2.26. The summed E-state index contributed by atoms with van der Waals surface area (Å²) >= 11 is 0. The fourth-order valence-corrected chi connectivity index (χ4v) is 2.69. The zero-order valence-corrected chi connectivity index (χ0v) is 10.2. The number of aryl methyl sites for hydroxylation is 1. The van der Waals surface area contributed by atoms with Crippen molar-refractivity contribution in [1.82, 2.24) is 5.32 Å². The highest BCUT2D eigenvalue weighted by Gasteiger charge is 2.35. The van der Waals surface area contributed by atoms with Gasteiger partial charge >= 0.3 is 0 Å². The van der Waals surface area contributed by atoms with Crippen LogP contribution in [0, 0.1) is 12.8 Å². The monoisotopic (exact) mass is 219 g/mol. The van der Waals surface area contributed by atoms with Crippen molar-refractivity contribution in [1.29, 1.82) is 0 Å². The standard InChI is InChI=1S/C14H21NO/c1-11-6-3-4-8-13(11)14(2,16)12-7-5-9-15-10-12/h3-4,6,8,12,15-16H,5,7,9-10H2,1-2H3. The lowest BCUT2D eigenvalue weighted by molar-refractivity contribution is -0.0161. The summed E-state index contributed by atoms with van der Waals surface area (Å²) in [5.41, 5.74) is 1.54. The Kier molecular flexibility index (Phi) is 3.31. The van der Waals surface area contributed by atoms with E-state index in [0.29, 0.717) is 5.92 Å². The van der Waals surface area contributed by atoms with Crippen molar-refractivity contribution >= 4 is 0 Å². The molecule has 0 aliphatic carbocycles. The van der Waals surface area contributed by atoms with Crippen LogP contribution in [0.5, 0.6) is 0 Å². The van der Waals surface area contributed by atoms with Gasteiger partial charge in [0.15, 0.2) is 0 Å². The summed E-state index contributed by atoms with van der Waals surface area (Å²) in [6.07, 6.45) is 2.26. The number of hydrogen-bond acceptors (Lipinski definition) is 2. The van der Waals surface area contributed by atoms with Crippen molar-refractivity contribution in [2.75, 3.05) is 13.1 Å². The number of piperidine rings is 1. The minimum absolute atomic E-state index is 0.322. The molecule has 2 atom stereocenters. The largest absolute Gasteiger partial charge is 0.385 e. The van der Waals surface area contributed by atoms with E-state index in [0.717, 1.165) is 31.5 Å². The van der Waals surface area contributed by atoms with E-state index in [9.17, 15) is 5.11 Å². The SMILES string of the molecule is Cc1ccccc1C(C)(O)C1CCCNC1. The first kappa shape index (κ1) is 11.6. The molecule has 2 nitrogen and oxygen atoms in total. The molecule has 2 unspecified atom stereocenters. The summed E-state index contributed by atoms with van der Waals surface area (Å²) in [4.78, 5) is 0. The molecule has 2 N–H and O–H groups in total. The molecular weight excluding hydrogens is 198 g/mol. The van der Waals surface area contributed by atoms with Crippen LogP contribution in [0.4, 0.5) is 0 Å². The third-order valence-electron chi connectivity index (χ3n) is 3.78. The van der Waals surface area contributed by atoms with E-state index in [1.807, 2.05) is 25.1 Å². The molecule has 1 heterocycles. The lowest BCUT2D eigenvalue weighted by Gasteiger charge is -2.37. The topological polar surface area (TPSA) is 32.3 Å². The number of hydrogen-bond donors (Lipinski definition) is 2. The van der Waals surface area contributed by atoms with Crippen molar-refractivity contribution < 1.29 is 5.11 Å². The molecule has 0 amide bonds. The van der Waals surface area contributed by atoms with Gasteiger partial charge in [0.25, 0.3) is 0 Å². The molecule has 88 valence electrons. The second-order valence-corrected chi connectivity index (χ2v) is 5.01. The first-order chi connectivity index (χ1) is 7.62. The van der Waals surface area contributed by atoms with E-state index in [4.69, 9.17) is 0 Å². The van der Waals surface area contributed by atoms with Gasteiger partial charge in [0.1, 0.15) is 0 Å². The molecular formula is C14H21NO. The van der Waals surface area contributed by atoms with Gasteiger partial charge in [-0.1, -0.05) is 24.3 Å². The Labute approximate surface area is 97.7 Å². The van der Waals surface area contributed by atoms with E-state index in [1.165, 1.54) is 5.56 Å². The number of rotatable bonds is 2. The highest BCUT2D eigenvalue weighted by molar-refractivity contribution is 5.31. The van der Waals surface area contributed by atoms with Crippen LogP contribution in [0.15, 0.2) is 24.3 Å². The lowest BCUT2D eigenvalue weighted by atomic mass is 9.77. The molecule has 1 fully saturated rings. The van der Waals surface area contributed by atoms with E-state index in [1.54, 1.807) is 0 Å². The normalized spacial score (nSPS) is 25.1. The fraction of sp³-hybridized carbons (Fsp3) is 0.571. The van der Waals surface area contributed by atoms with E-state index < -0.39 is 5.60 Å². The zero-order valence-electron chi connectivity index (χ0n) is 10.2. The van der Waals surface area contributed by atoms with Crippen LogP contribution in [0.2, 0.25) is 0 Å². The van der Waals surface area contributed by atoms with Crippen LogP contribution in [-0.4, -0.2) is 18.2 Å². The number of aliphatic hydroxyl groups is 1. The molecule has 2 rings (SSSR count). The first-order valence-corrected chi connectivity index (χ1v) is 6.11. The first-order valence-electron chi connectivity index (χ1n) is 6.11. The fourth-order valence-electron chi connectivity index (χ4n) is 2.69. The Bertz CT molecular complexity index is 354. The molecule has 1 aromatic carbocycles. The second kappa shape index (κ2) is 4.56. The van der Waals surface area contributed by atoms with Gasteiger partial charge in [-0.2, -0.15) is 0 Å². The van der Waals surface area contributed by atoms with Crippen LogP contribution in [0.1, 0.15) is 30.9 Å². The molecule has 0 radical (unpaired) electrons. The molecule has 16 heavy (non-hydrogen) atoms. The maximum absolute atomic E-state index is 10.8. The van der Waals surface area contributed by atoms with Gasteiger partial charge in [0.2, 0.25) is 0 Å². The minimum Gasteiger partial charge on any atom is -0.385 e. The van der Waals surface area contributed by atoms with Gasteiger partial charge < -0.3 is 10.4 Å². The molecule has 0 bridgehead atoms. The van der Waals surface area contributed by atoms with Gasteiger partial charge in [0, 0.05) is 12.5 Å². The molecule has 0 aromatic heterocycles. The Morgan fingerprint density at radius 1 is 1.38 bits per heavy atom. The van der Waals surface area contributed by atoms with E-state index in [-0.39, 0.29) is 0 Å². The minimum atomic E-state index is -0.710. The molecule has 1 saturated heterocycles. The lowest BCUT2D eigenvalue weighted by Crippen LogP contribution is -2.42.